The van der Waals surface area contributed by atoms with Gasteiger partial charge in [-0.1, -0.05) is 18.3 Å². The summed E-state index contributed by atoms with van der Waals surface area (Å²) in [4.78, 5) is 0.421. The van der Waals surface area contributed by atoms with Crippen molar-refractivity contribution in [3.63, 3.8) is 0 Å². The van der Waals surface area contributed by atoms with E-state index in [0.29, 0.717) is 11.1 Å². The summed E-state index contributed by atoms with van der Waals surface area (Å²) >= 11 is 4.84. The number of aliphatic hydroxyl groups is 1. The maximum atomic E-state index is 12.2. The van der Waals surface area contributed by atoms with Crippen LogP contribution in [0.3, 0.4) is 0 Å². The Kier molecular flexibility index (Phi) is 4.80. The number of likely N-dealkylation sites (N-methyl/N-ethyl adjacent to an activating group) is 1. The second-order valence-corrected chi connectivity index (χ2v) is 6.35. The zero-order valence-electron chi connectivity index (χ0n) is 10.3. The zero-order valence-corrected chi connectivity index (χ0v) is 11.9. The molecule has 0 bridgehead atoms. The van der Waals surface area contributed by atoms with E-state index in [2.05, 4.69) is 0 Å². The summed E-state index contributed by atoms with van der Waals surface area (Å²) in [6.07, 6.45) is 0. The lowest BCUT2D eigenvalue weighted by atomic mass is 10.1. The van der Waals surface area contributed by atoms with Gasteiger partial charge >= 0.3 is 0 Å². The third-order valence-corrected chi connectivity index (χ3v) is 4.82. The summed E-state index contributed by atoms with van der Waals surface area (Å²) in [6.45, 7) is 1.51. The number of nitrogens with zero attached hydrogens (tertiary/aromatic N) is 1. The Bertz CT molecular complexity index is 555. The fourth-order valence-electron chi connectivity index (χ4n) is 1.52. The first kappa shape index (κ1) is 15.0. The van der Waals surface area contributed by atoms with Crippen LogP contribution < -0.4 is 5.73 Å². The van der Waals surface area contributed by atoms with Gasteiger partial charge in [0.05, 0.1) is 11.5 Å². The van der Waals surface area contributed by atoms with Crippen molar-refractivity contribution in [3.05, 3.63) is 29.3 Å². The van der Waals surface area contributed by atoms with Gasteiger partial charge in [-0.2, -0.15) is 4.31 Å². The minimum atomic E-state index is -3.59. The van der Waals surface area contributed by atoms with Gasteiger partial charge in [0, 0.05) is 19.2 Å². The molecule has 0 fully saturated rings. The molecule has 3 N–H and O–H groups in total. The first-order valence-electron chi connectivity index (χ1n) is 5.28. The van der Waals surface area contributed by atoms with Crippen LogP contribution in [0.2, 0.25) is 0 Å². The van der Waals surface area contributed by atoms with Crippen LogP contribution in [0.25, 0.3) is 0 Å². The molecule has 0 aliphatic carbocycles. The van der Waals surface area contributed by atoms with Gasteiger partial charge in [-0.05, 0) is 24.6 Å². The molecule has 0 aromatic heterocycles. The topological polar surface area (TPSA) is 83.6 Å². The lowest BCUT2D eigenvalue weighted by Gasteiger charge is -2.17. The van der Waals surface area contributed by atoms with Gasteiger partial charge in [-0.25, -0.2) is 8.42 Å². The summed E-state index contributed by atoms with van der Waals surface area (Å²) in [6, 6.07) is 4.70. The Hall–Kier alpha value is -1.02. The number of nitrogens with two attached hydrogens (primary N) is 1. The van der Waals surface area contributed by atoms with Crippen LogP contribution in [0.4, 0.5) is 0 Å². The molecule has 0 aliphatic heterocycles. The zero-order chi connectivity index (χ0) is 13.9. The quantitative estimate of drug-likeness (QED) is 0.758. The van der Waals surface area contributed by atoms with Gasteiger partial charge in [0.25, 0.3) is 0 Å². The highest BCUT2D eigenvalue weighted by Gasteiger charge is 2.22. The van der Waals surface area contributed by atoms with Crippen molar-refractivity contribution in [3.8, 4) is 0 Å². The minimum absolute atomic E-state index is 0.0544. The first-order valence-corrected chi connectivity index (χ1v) is 7.13. The molecule has 0 unspecified atom stereocenters. The van der Waals surface area contributed by atoms with Gasteiger partial charge in [0.15, 0.2) is 0 Å². The predicted molar refractivity (Wildman–Crippen MR) is 74.0 cm³/mol. The smallest absolute Gasteiger partial charge is 0.243 e. The van der Waals surface area contributed by atoms with Crippen molar-refractivity contribution in [2.24, 2.45) is 5.73 Å². The molecular formula is C11H16N2O3S2. The minimum Gasteiger partial charge on any atom is -0.395 e. The maximum Gasteiger partial charge on any atom is 0.243 e. The number of aryl methyl sites for hydroxylation is 1. The van der Waals surface area contributed by atoms with Gasteiger partial charge in [-0.3, -0.25) is 0 Å². The highest BCUT2D eigenvalue weighted by Crippen LogP contribution is 2.20. The van der Waals surface area contributed by atoms with Crippen molar-refractivity contribution in [1.82, 2.24) is 4.31 Å². The normalized spacial score (nSPS) is 11.8. The molecule has 1 aromatic carbocycles. The Morgan fingerprint density at radius 1 is 1.50 bits per heavy atom. The van der Waals surface area contributed by atoms with Crippen LogP contribution in [0.15, 0.2) is 23.1 Å². The van der Waals surface area contributed by atoms with Crippen LogP contribution in [0, 0.1) is 6.92 Å². The molecule has 0 spiro atoms. The Morgan fingerprint density at radius 3 is 2.56 bits per heavy atom. The van der Waals surface area contributed by atoms with E-state index in [4.69, 9.17) is 23.1 Å². The number of rotatable bonds is 5. The van der Waals surface area contributed by atoms with Crippen molar-refractivity contribution in [2.45, 2.75) is 11.8 Å². The highest BCUT2D eigenvalue weighted by molar-refractivity contribution is 7.89. The van der Waals surface area contributed by atoms with Gasteiger partial charge in [-0.15, -0.1) is 0 Å². The van der Waals surface area contributed by atoms with E-state index >= 15 is 0 Å². The molecule has 100 valence electrons. The van der Waals surface area contributed by atoms with E-state index in [1.165, 1.54) is 13.1 Å². The molecule has 0 heterocycles. The summed E-state index contributed by atoms with van der Waals surface area (Å²) in [5.41, 5.74) is 6.69. The highest BCUT2D eigenvalue weighted by atomic mass is 32.2. The molecule has 0 saturated heterocycles. The third kappa shape index (κ3) is 3.05. The molecule has 1 rings (SSSR count). The summed E-state index contributed by atoms with van der Waals surface area (Å²) in [5.74, 6) is 0. The Morgan fingerprint density at radius 2 is 2.11 bits per heavy atom. The monoisotopic (exact) mass is 288 g/mol. The lowest BCUT2D eigenvalue weighted by Crippen LogP contribution is -2.30. The van der Waals surface area contributed by atoms with Gasteiger partial charge < -0.3 is 10.8 Å². The second-order valence-electron chi connectivity index (χ2n) is 3.89. The van der Waals surface area contributed by atoms with Crippen LogP contribution in [0.1, 0.15) is 11.1 Å². The summed E-state index contributed by atoms with van der Waals surface area (Å²) in [7, 11) is -2.16. The summed E-state index contributed by atoms with van der Waals surface area (Å²) < 4.78 is 25.5. The largest absolute Gasteiger partial charge is 0.395 e. The number of hydrogen-bond donors (Lipinski definition) is 2. The van der Waals surface area contributed by atoms with Gasteiger partial charge in [0.2, 0.25) is 10.0 Å². The molecule has 0 aliphatic rings. The maximum absolute atomic E-state index is 12.2. The number of thiocarbonyl (C=S) groups is 1. The molecule has 7 heteroatoms. The summed E-state index contributed by atoms with van der Waals surface area (Å²) in [5, 5.41) is 8.79. The Labute approximate surface area is 112 Å². The van der Waals surface area contributed by atoms with Crippen LogP contribution in [0.5, 0.6) is 0 Å². The Balaban J connectivity index is 3.22. The van der Waals surface area contributed by atoms with Crippen molar-refractivity contribution < 1.29 is 13.5 Å². The predicted octanol–water partition coefficient (Wildman–Crippen LogP) is 0.242. The van der Waals surface area contributed by atoms with E-state index in [-0.39, 0.29) is 23.0 Å². The van der Waals surface area contributed by atoms with E-state index in [9.17, 15) is 8.42 Å². The number of sulfonamides is 1. The number of benzene rings is 1. The average molecular weight is 288 g/mol. The van der Waals surface area contributed by atoms with Crippen LogP contribution in [-0.2, 0) is 10.0 Å². The van der Waals surface area contributed by atoms with Gasteiger partial charge in [0.1, 0.15) is 4.99 Å². The van der Waals surface area contributed by atoms with Crippen LogP contribution in [-0.4, -0.2) is 43.0 Å². The van der Waals surface area contributed by atoms with E-state index in [0.717, 1.165) is 4.31 Å². The number of aliphatic hydroxyl groups excluding tert-OH is 1. The number of hydrogen-bond acceptors (Lipinski definition) is 4. The average Bonchev–Trinajstić information content (AvgIpc) is 2.28. The fraction of sp³-hybridized carbons (Fsp3) is 0.364. The van der Waals surface area contributed by atoms with Crippen LogP contribution >= 0.6 is 12.2 Å². The fourth-order valence-corrected chi connectivity index (χ4v) is 3.01. The SMILES string of the molecule is Cc1cc(C(N)=S)ccc1S(=O)(=O)N(C)CCO. The van der Waals surface area contributed by atoms with E-state index < -0.39 is 10.0 Å². The molecular weight excluding hydrogens is 272 g/mol. The van der Waals surface area contributed by atoms with Crippen molar-refractivity contribution in [2.75, 3.05) is 20.2 Å². The van der Waals surface area contributed by atoms with Crippen molar-refractivity contribution in [1.29, 1.82) is 0 Å². The molecule has 5 nitrogen and oxygen atoms in total. The molecule has 0 amide bonds. The van der Waals surface area contributed by atoms with E-state index in [1.54, 1.807) is 19.1 Å². The molecule has 0 radical (unpaired) electrons. The first-order chi connectivity index (χ1) is 8.30. The molecule has 0 saturated carbocycles. The molecule has 1 aromatic rings. The molecule has 18 heavy (non-hydrogen) atoms. The third-order valence-electron chi connectivity index (χ3n) is 2.56. The lowest BCUT2D eigenvalue weighted by molar-refractivity contribution is 0.266. The second kappa shape index (κ2) is 5.75. The standard InChI is InChI=1S/C11H16N2O3S2/c1-8-7-9(11(12)17)3-4-10(8)18(15,16)13(2)5-6-14/h3-4,7,14H,5-6H2,1-2H3,(H2,12,17). The molecule has 0 atom stereocenters. The van der Waals surface area contributed by atoms with Crippen molar-refractivity contribution >= 4 is 27.2 Å². The van der Waals surface area contributed by atoms with E-state index in [1.807, 2.05) is 0 Å².